The average Bonchev–Trinajstić information content (AvgIpc) is 2.45. The van der Waals surface area contributed by atoms with Crippen molar-refractivity contribution < 1.29 is 4.92 Å². The van der Waals surface area contributed by atoms with E-state index in [9.17, 15) is 10.1 Å². The highest BCUT2D eigenvalue weighted by Gasteiger charge is 2.17. The lowest BCUT2D eigenvalue weighted by Crippen LogP contribution is -2.38. The Morgan fingerprint density at radius 1 is 1.48 bits per heavy atom. The minimum atomic E-state index is -0.344. The second kappa shape index (κ2) is 7.93. The maximum Gasteiger partial charge on any atom is 0.282 e. The molecule has 1 aliphatic rings. The lowest BCUT2D eigenvalue weighted by atomic mass is 10.0. The molecule has 1 unspecified atom stereocenters. The van der Waals surface area contributed by atoms with Gasteiger partial charge in [-0.25, -0.2) is 0 Å². The van der Waals surface area contributed by atoms with Gasteiger partial charge in [-0.05, 0) is 67.5 Å². The van der Waals surface area contributed by atoms with Gasteiger partial charge < -0.3 is 10.2 Å². The van der Waals surface area contributed by atoms with Crippen molar-refractivity contribution in [1.82, 2.24) is 4.90 Å². The summed E-state index contributed by atoms with van der Waals surface area (Å²) in [5.74, 6) is 0. The largest absolute Gasteiger partial charge is 0.385 e. The Morgan fingerprint density at radius 2 is 2.29 bits per heavy atom. The van der Waals surface area contributed by atoms with E-state index in [0.717, 1.165) is 25.2 Å². The highest BCUT2D eigenvalue weighted by Crippen LogP contribution is 2.24. The second-order valence-electron chi connectivity index (χ2n) is 5.58. The van der Waals surface area contributed by atoms with Gasteiger partial charge in [-0.2, -0.15) is 0 Å². The predicted octanol–water partition coefficient (Wildman–Crippen LogP) is 3.88. The molecule has 1 aliphatic heterocycles. The van der Waals surface area contributed by atoms with Crippen LogP contribution in [0, 0.1) is 13.7 Å². The molecule has 0 amide bonds. The minimum Gasteiger partial charge on any atom is -0.385 e. The fourth-order valence-corrected chi connectivity index (χ4v) is 3.48. The number of nitrogens with zero attached hydrogens (tertiary/aromatic N) is 2. The van der Waals surface area contributed by atoms with E-state index in [1.54, 1.807) is 12.1 Å². The van der Waals surface area contributed by atoms with Crippen molar-refractivity contribution in [3.05, 3.63) is 31.9 Å². The van der Waals surface area contributed by atoms with Crippen molar-refractivity contribution in [2.75, 3.05) is 25.0 Å². The molecule has 1 saturated heterocycles. The van der Waals surface area contributed by atoms with Crippen LogP contribution in [0.15, 0.2) is 18.2 Å². The molecular formula is C15H22IN3O2. The van der Waals surface area contributed by atoms with E-state index in [1.807, 2.05) is 28.7 Å². The van der Waals surface area contributed by atoms with Crippen molar-refractivity contribution in [2.24, 2.45) is 0 Å². The topological polar surface area (TPSA) is 58.4 Å². The molecule has 1 heterocycles. The van der Waals surface area contributed by atoms with Crippen LogP contribution >= 0.6 is 22.6 Å². The summed E-state index contributed by atoms with van der Waals surface area (Å²) in [5.41, 5.74) is 1.12. The molecule has 116 valence electrons. The van der Waals surface area contributed by atoms with Crippen LogP contribution in [0.1, 0.15) is 32.6 Å². The van der Waals surface area contributed by atoms with Crippen molar-refractivity contribution >= 4 is 34.0 Å². The van der Waals surface area contributed by atoms with Crippen LogP contribution in [0.3, 0.4) is 0 Å². The highest BCUT2D eigenvalue weighted by molar-refractivity contribution is 14.1. The first-order chi connectivity index (χ1) is 10.1. The van der Waals surface area contributed by atoms with Crippen LogP contribution in [0.2, 0.25) is 0 Å². The van der Waals surface area contributed by atoms with Crippen LogP contribution in [-0.4, -0.2) is 35.5 Å². The molecule has 0 aliphatic carbocycles. The van der Waals surface area contributed by atoms with Gasteiger partial charge in [0.15, 0.2) is 0 Å². The molecule has 21 heavy (non-hydrogen) atoms. The SMILES string of the molecule is CC1CCCCN1CCCNc1ccc([N+](=O)[O-])c(I)c1. The molecule has 1 N–H and O–H groups in total. The third kappa shape index (κ3) is 4.81. The monoisotopic (exact) mass is 403 g/mol. The Labute approximate surface area is 139 Å². The zero-order valence-corrected chi connectivity index (χ0v) is 14.5. The standard InChI is InChI=1S/C15H22IN3O2/c1-12-5-2-3-9-18(12)10-4-8-17-13-6-7-15(19(20)21)14(16)11-13/h6-7,11-12,17H,2-5,8-10H2,1H3. The van der Waals surface area contributed by atoms with Crippen molar-refractivity contribution in [2.45, 2.75) is 38.6 Å². The summed E-state index contributed by atoms with van der Waals surface area (Å²) in [4.78, 5) is 13.0. The Morgan fingerprint density at radius 3 is 2.95 bits per heavy atom. The van der Waals surface area contributed by atoms with Gasteiger partial charge in [0.05, 0.1) is 8.49 Å². The van der Waals surface area contributed by atoms with Gasteiger partial charge in [0.2, 0.25) is 0 Å². The molecule has 5 nitrogen and oxygen atoms in total. The number of nitrogens with one attached hydrogen (secondary N) is 1. The number of piperidine rings is 1. The smallest absolute Gasteiger partial charge is 0.282 e. The van der Waals surface area contributed by atoms with E-state index in [1.165, 1.54) is 25.8 Å². The zero-order chi connectivity index (χ0) is 15.2. The molecule has 1 fully saturated rings. The first kappa shape index (κ1) is 16.5. The molecule has 0 aromatic heterocycles. The normalized spacial score (nSPS) is 19.4. The van der Waals surface area contributed by atoms with Gasteiger partial charge in [0, 0.05) is 30.9 Å². The van der Waals surface area contributed by atoms with Gasteiger partial charge >= 0.3 is 0 Å². The lowest BCUT2D eigenvalue weighted by molar-refractivity contribution is -0.385. The summed E-state index contributed by atoms with van der Waals surface area (Å²) in [6, 6.07) is 5.89. The second-order valence-corrected chi connectivity index (χ2v) is 6.75. The molecule has 1 aromatic carbocycles. The van der Waals surface area contributed by atoms with E-state index in [2.05, 4.69) is 17.1 Å². The zero-order valence-electron chi connectivity index (χ0n) is 12.3. The van der Waals surface area contributed by atoms with Crippen LogP contribution in [0.4, 0.5) is 11.4 Å². The van der Waals surface area contributed by atoms with Gasteiger partial charge in [0.1, 0.15) is 0 Å². The predicted molar refractivity (Wildman–Crippen MR) is 93.8 cm³/mol. The molecule has 1 atom stereocenters. The summed E-state index contributed by atoms with van der Waals surface area (Å²) in [7, 11) is 0. The molecule has 0 radical (unpaired) electrons. The third-order valence-electron chi connectivity index (χ3n) is 4.04. The van der Waals surface area contributed by atoms with E-state index >= 15 is 0 Å². The van der Waals surface area contributed by atoms with Gasteiger partial charge in [0.25, 0.3) is 5.69 Å². The Bertz CT molecular complexity index is 496. The number of nitro benzene ring substituents is 1. The number of benzene rings is 1. The molecule has 6 heteroatoms. The van der Waals surface area contributed by atoms with Crippen LogP contribution < -0.4 is 5.32 Å². The Hall–Kier alpha value is -0.890. The van der Waals surface area contributed by atoms with Gasteiger partial charge in [-0.1, -0.05) is 6.42 Å². The summed E-state index contributed by atoms with van der Waals surface area (Å²) < 4.78 is 0.673. The quantitative estimate of drug-likeness (QED) is 0.339. The number of nitro groups is 1. The van der Waals surface area contributed by atoms with Crippen LogP contribution in [0.5, 0.6) is 0 Å². The minimum absolute atomic E-state index is 0.170. The number of hydrogen-bond donors (Lipinski definition) is 1. The molecule has 1 aromatic rings. The Kier molecular flexibility index (Phi) is 6.22. The van der Waals surface area contributed by atoms with E-state index in [0.29, 0.717) is 9.61 Å². The Balaban J connectivity index is 1.76. The third-order valence-corrected chi connectivity index (χ3v) is 4.90. The summed E-state index contributed by atoms with van der Waals surface area (Å²) in [6.07, 6.45) is 5.08. The van der Waals surface area contributed by atoms with E-state index in [-0.39, 0.29) is 10.6 Å². The van der Waals surface area contributed by atoms with Gasteiger partial charge in [-0.3, -0.25) is 10.1 Å². The molecule has 0 spiro atoms. The number of hydrogen-bond acceptors (Lipinski definition) is 4. The summed E-state index contributed by atoms with van der Waals surface area (Å²) >= 11 is 2.01. The number of anilines is 1. The van der Waals surface area contributed by atoms with Crippen molar-refractivity contribution in [3.8, 4) is 0 Å². The van der Waals surface area contributed by atoms with Crippen LogP contribution in [0.25, 0.3) is 0 Å². The molecular weight excluding hydrogens is 381 g/mol. The lowest BCUT2D eigenvalue weighted by Gasteiger charge is -2.33. The summed E-state index contributed by atoms with van der Waals surface area (Å²) in [5, 5.41) is 14.1. The first-order valence-corrected chi connectivity index (χ1v) is 8.57. The number of likely N-dealkylation sites (tertiary alicyclic amines) is 1. The van der Waals surface area contributed by atoms with Crippen molar-refractivity contribution in [1.29, 1.82) is 0 Å². The maximum atomic E-state index is 10.8. The molecule has 0 bridgehead atoms. The van der Waals surface area contributed by atoms with Crippen molar-refractivity contribution in [3.63, 3.8) is 0 Å². The van der Waals surface area contributed by atoms with Gasteiger partial charge in [-0.15, -0.1) is 0 Å². The number of halogens is 1. The fraction of sp³-hybridized carbons (Fsp3) is 0.600. The number of rotatable bonds is 6. The fourth-order valence-electron chi connectivity index (χ4n) is 2.77. The van der Waals surface area contributed by atoms with E-state index < -0.39 is 0 Å². The molecule has 0 saturated carbocycles. The summed E-state index contributed by atoms with van der Waals surface area (Å²) in [6.45, 7) is 5.55. The van der Waals surface area contributed by atoms with Crippen LogP contribution in [-0.2, 0) is 0 Å². The van der Waals surface area contributed by atoms with E-state index in [4.69, 9.17) is 0 Å². The average molecular weight is 403 g/mol. The first-order valence-electron chi connectivity index (χ1n) is 7.50. The molecule has 2 rings (SSSR count). The maximum absolute atomic E-state index is 10.8. The highest BCUT2D eigenvalue weighted by atomic mass is 127.